The Hall–Kier alpha value is -2.71. The zero-order chi connectivity index (χ0) is 23.8. The number of unbranched alkanes of at least 4 members (excludes halogenated alkanes) is 3. The lowest BCUT2D eigenvalue weighted by Crippen LogP contribution is -2.46. The molecule has 4 heterocycles. The van der Waals surface area contributed by atoms with Crippen LogP contribution in [0.2, 0.25) is 0 Å². The summed E-state index contributed by atoms with van der Waals surface area (Å²) in [6, 6.07) is 4.39. The number of nitrogens with zero attached hydrogens (tertiary/aromatic N) is 6. The van der Waals surface area contributed by atoms with Gasteiger partial charge in [0.05, 0.1) is 18.9 Å². The van der Waals surface area contributed by atoms with Crippen LogP contribution in [-0.2, 0) is 4.74 Å². The van der Waals surface area contributed by atoms with Gasteiger partial charge in [-0.3, -0.25) is 4.90 Å². The summed E-state index contributed by atoms with van der Waals surface area (Å²) in [4.78, 5) is 20.7. The predicted molar refractivity (Wildman–Crippen MR) is 139 cm³/mol. The highest BCUT2D eigenvalue weighted by atomic mass is 16.5. The highest BCUT2D eigenvalue weighted by molar-refractivity contribution is 5.68. The third-order valence-corrected chi connectivity index (χ3v) is 6.57. The van der Waals surface area contributed by atoms with Gasteiger partial charge >= 0.3 is 0 Å². The van der Waals surface area contributed by atoms with Crippen LogP contribution in [0.1, 0.15) is 39.5 Å². The van der Waals surface area contributed by atoms with E-state index >= 15 is 0 Å². The number of pyridine rings is 1. The predicted octanol–water partition coefficient (Wildman–Crippen LogP) is 3.61. The average molecular weight is 466 g/mol. The van der Waals surface area contributed by atoms with E-state index in [-0.39, 0.29) is 5.95 Å². The Bertz CT molecular complexity index is 929. The maximum Gasteiger partial charge on any atom is 0.219 e. The van der Waals surface area contributed by atoms with Crippen molar-refractivity contribution in [1.29, 1.82) is 0 Å². The molecule has 0 atom stereocenters. The monoisotopic (exact) mass is 465 g/mol. The molecular weight excluding hydrogens is 426 g/mol. The Balaban J connectivity index is 1.39. The Morgan fingerprint density at radius 3 is 2.38 bits per heavy atom. The van der Waals surface area contributed by atoms with Gasteiger partial charge in [-0.1, -0.05) is 18.1 Å². The maximum atomic E-state index is 5.70. The van der Waals surface area contributed by atoms with Gasteiger partial charge in [-0.25, -0.2) is 15.0 Å². The topological polar surface area (TPSA) is 83.6 Å². The van der Waals surface area contributed by atoms with Crippen LogP contribution in [0.3, 0.4) is 0 Å². The van der Waals surface area contributed by atoms with Gasteiger partial charge in [0.15, 0.2) is 0 Å². The lowest BCUT2D eigenvalue weighted by atomic mass is 10.1. The average Bonchev–Trinajstić information content (AvgIpc) is 2.87. The number of aromatic nitrogens is 3. The Labute approximate surface area is 203 Å². The summed E-state index contributed by atoms with van der Waals surface area (Å²) in [5.41, 5.74) is 10.1. The molecule has 2 saturated heterocycles. The van der Waals surface area contributed by atoms with Crippen molar-refractivity contribution < 1.29 is 4.74 Å². The van der Waals surface area contributed by atoms with Crippen molar-refractivity contribution in [2.24, 2.45) is 0 Å². The van der Waals surface area contributed by atoms with E-state index in [1.807, 2.05) is 0 Å². The molecule has 0 bridgehead atoms. The molecule has 0 unspecified atom stereocenters. The van der Waals surface area contributed by atoms with E-state index < -0.39 is 0 Å². The summed E-state index contributed by atoms with van der Waals surface area (Å²) in [5.74, 6) is 1.27. The molecule has 0 spiro atoms. The van der Waals surface area contributed by atoms with Crippen molar-refractivity contribution in [3.63, 3.8) is 0 Å². The van der Waals surface area contributed by atoms with Gasteiger partial charge < -0.3 is 20.3 Å². The molecule has 0 aliphatic carbocycles. The van der Waals surface area contributed by atoms with Crippen LogP contribution in [0.15, 0.2) is 36.2 Å². The van der Waals surface area contributed by atoms with E-state index in [0.717, 1.165) is 69.6 Å². The first kappa shape index (κ1) is 24.4. The van der Waals surface area contributed by atoms with Crippen molar-refractivity contribution in [2.75, 3.05) is 74.6 Å². The second-order valence-corrected chi connectivity index (χ2v) is 9.46. The third kappa shape index (κ3) is 6.90. The molecule has 4 rings (SSSR count). The molecule has 0 amide bonds. The van der Waals surface area contributed by atoms with Gasteiger partial charge in [0, 0.05) is 69.0 Å². The van der Waals surface area contributed by atoms with Crippen LogP contribution >= 0.6 is 0 Å². The summed E-state index contributed by atoms with van der Waals surface area (Å²) < 4.78 is 5.55. The van der Waals surface area contributed by atoms with Crippen LogP contribution in [0, 0.1) is 0 Å². The number of piperazine rings is 1. The van der Waals surface area contributed by atoms with E-state index in [1.165, 1.54) is 43.5 Å². The third-order valence-electron chi connectivity index (χ3n) is 6.57. The van der Waals surface area contributed by atoms with Crippen molar-refractivity contribution in [1.82, 2.24) is 19.9 Å². The number of hydrogen-bond acceptors (Lipinski definition) is 8. The van der Waals surface area contributed by atoms with Gasteiger partial charge in [-0.2, -0.15) is 0 Å². The normalized spacial score (nSPS) is 17.1. The van der Waals surface area contributed by atoms with Gasteiger partial charge in [-0.05, 0) is 45.7 Å². The van der Waals surface area contributed by atoms with E-state index in [2.05, 4.69) is 56.7 Å². The van der Waals surface area contributed by atoms with Crippen molar-refractivity contribution in [3.8, 4) is 11.3 Å². The molecule has 2 aromatic rings. The number of ether oxygens (including phenoxy) is 1. The fourth-order valence-corrected chi connectivity index (χ4v) is 4.53. The minimum absolute atomic E-state index is 0.279. The number of allylic oxidation sites excluding steroid dienone is 2. The lowest BCUT2D eigenvalue weighted by Gasteiger charge is -2.37. The summed E-state index contributed by atoms with van der Waals surface area (Å²) in [6.45, 7) is 13.0. The van der Waals surface area contributed by atoms with E-state index in [1.54, 1.807) is 12.4 Å². The van der Waals surface area contributed by atoms with Gasteiger partial charge in [0.2, 0.25) is 5.95 Å². The van der Waals surface area contributed by atoms with Crippen LogP contribution in [-0.4, -0.2) is 78.9 Å². The van der Waals surface area contributed by atoms with Crippen LogP contribution in [0.5, 0.6) is 0 Å². The summed E-state index contributed by atoms with van der Waals surface area (Å²) >= 11 is 0. The summed E-state index contributed by atoms with van der Waals surface area (Å²) in [6.07, 6.45) is 11.0. The van der Waals surface area contributed by atoms with Gasteiger partial charge in [0.1, 0.15) is 5.82 Å². The molecule has 8 nitrogen and oxygen atoms in total. The molecule has 0 saturated carbocycles. The molecule has 2 fully saturated rings. The molecule has 2 aliphatic heterocycles. The van der Waals surface area contributed by atoms with E-state index in [9.17, 15) is 0 Å². The standard InChI is InChI=1S/C26H39N7O/c1-21(2)7-5-3-4-6-8-31-9-11-32(12-10-31)23-17-24(22-19-28-26(27)29-20-22)30-25(18-23)33-13-15-34-16-14-33/h7,17-20H,3-6,8-16H2,1-2H3,(H2,27,28,29). The molecule has 184 valence electrons. The fourth-order valence-electron chi connectivity index (χ4n) is 4.53. The maximum absolute atomic E-state index is 5.70. The smallest absolute Gasteiger partial charge is 0.219 e. The minimum atomic E-state index is 0.279. The summed E-state index contributed by atoms with van der Waals surface area (Å²) in [5, 5.41) is 0. The summed E-state index contributed by atoms with van der Waals surface area (Å²) in [7, 11) is 0. The molecule has 2 aliphatic rings. The quantitative estimate of drug-likeness (QED) is 0.444. The zero-order valence-corrected chi connectivity index (χ0v) is 20.7. The SMILES string of the molecule is CC(C)=CCCCCCN1CCN(c2cc(-c3cnc(N)nc3)nc(N3CCOCC3)c2)CC1. The van der Waals surface area contributed by atoms with Crippen molar-refractivity contribution in [2.45, 2.75) is 39.5 Å². The molecular formula is C26H39N7O. The first-order valence-corrected chi connectivity index (χ1v) is 12.6. The van der Waals surface area contributed by atoms with Crippen LogP contribution in [0.25, 0.3) is 11.3 Å². The number of nitrogens with two attached hydrogens (primary N) is 1. The molecule has 2 N–H and O–H groups in total. The highest BCUT2D eigenvalue weighted by Gasteiger charge is 2.21. The van der Waals surface area contributed by atoms with Crippen molar-refractivity contribution in [3.05, 3.63) is 36.2 Å². The first-order chi connectivity index (χ1) is 16.6. The second-order valence-electron chi connectivity index (χ2n) is 9.46. The number of nitrogen functional groups attached to an aromatic ring is 1. The van der Waals surface area contributed by atoms with Crippen molar-refractivity contribution >= 4 is 17.5 Å². The van der Waals surface area contributed by atoms with Gasteiger partial charge in [-0.15, -0.1) is 0 Å². The number of rotatable bonds is 9. The Kier molecular flexibility index (Phi) is 8.71. The number of hydrogen-bond donors (Lipinski definition) is 1. The highest BCUT2D eigenvalue weighted by Crippen LogP contribution is 2.29. The minimum Gasteiger partial charge on any atom is -0.378 e. The largest absolute Gasteiger partial charge is 0.378 e. The molecule has 34 heavy (non-hydrogen) atoms. The fraction of sp³-hybridized carbons (Fsp3) is 0.577. The molecule has 0 aromatic carbocycles. The molecule has 8 heteroatoms. The number of anilines is 3. The van der Waals surface area contributed by atoms with Gasteiger partial charge in [0.25, 0.3) is 0 Å². The second kappa shape index (κ2) is 12.1. The van der Waals surface area contributed by atoms with Crippen LogP contribution in [0.4, 0.5) is 17.5 Å². The Morgan fingerprint density at radius 1 is 0.941 bits per heavy atom. The molecule has 0 radical (unpaired) electrons. The van der Waals surface area contributed by atoms with E-state index in [0.29, 0.717) is 0 Å². The molecule has 2 aromatic heterocycles. The lowest BCUT2D eigenvalue weighted by molar-refractivity contribution is 0.122. The number of morpholine rings is 1. The van der Waals surface area contributed by atoms with E-state index in [4.69, 9.17) is 15.5 Å². The zero-order valence-electron chi connectivity index (χ0n) is 20.7. The first-order valence-electron chi connectivity index (χ1n) is 12.6. The van der Waals surface area contributed by atoms with Crippen LogP contribution < -0.4 is 15.5 Å². The Morgan fingerprint density at radius 2 is 1.68 bits per heavy atom.